The first-order valence-electron chi connectivity index (χ1n) is 16.9. The molecule has 0 bridgehead atoms. The first kappa shape index (κ1) is 34.7. The molecule has 4 aromatic rings. The van der Waals surface area contributed by atoms with Crippen LogP contribution in [0.2, 0.25) is 5.15 Å². The van der Waals surface area contributed by atoms with E-state index in [1.165, 1.54) is 6.33 Å². The van der Waals surface area contributed by atoms with E-state index in [0.29, 0.717) is 11.7 Å². The summed E-state index contributed by atoms with van der Waals surface area (Å²) in [4.78, 5) is 53.1. The van der Waals surface area contributed by atoms with Crippen LogP contribution in [0.25, 0.3) is 22.1 Å². The van der Waals surface area contributed by atoms with Crippen LogP contribution in [0.15, 0.2) is 37.2 Å². The number of amides is 2. The Hall–Kier alpha value is -4.17. The lowest BCUT2D eigenvalue weighted by molar-refractivity contribution is 0.00796. The van der Waals surface area contributed by atoms with Crippen molar-refractivity contribution in [3.8, 4) is 0 Å². The van der Waals surface area contributed by atoms with E-state index < -0.39 is 11.2 Å². The number of piperazine rings is 2. The third kappa shape index (κ3) is 8.01. The number of hydrogen-bond acceptors (Lipinski definition) is 10. The molecule has 2 aliphatic carbocycles. The minimum atomic E-state index is -0.464. The topological polar surface area (TPSA) is 157 Å². The summed E-state index contributed by atoms with van der Waals surface area (Å²) in [6.45, 7) is 16.2. The summed E-state index contributed by atoms with van der Waals surface area (Å²) in [6, 6.07) is 3.85. The highest BCUT2D eigenvalue weighted by molar-refractivity contribution is 6.33. The summed E-state index contributed by atoms with van der Waals surface area (Å²) in [5.41, 5.74) is 0.750. The average molecular weight is 695 g/mol. The summed E-state index contributed by atoms with van der Waals surface area (Å²) in [5.74, 6) is 0.941. The minimum Gasteiger partial charge on any atom is -0.444 e. The maximum atomic E-state index is 12.5. The quantitative estimate of drug-likeness (QED) is 0.217. The van der Waals surface area contributed by atoms with Crippen LogP contribution in [-0.2, 0) is 9.47 Å². The van der Waals surface area contributed by atoms with Gasteiger partial charge in [-0.05, 0) is 79.4 Å². The number of anilines is 1. The molecule has 15 heteroatoms. The molecule has 2 aliphatic heterocycles. The maximum Gasteiger partial charge on any atom is 0.410 e. The van der Waals surface area contributed by atoms with E-state index in [2.05, 4.69) is 40.1 Å². The van der Waals surface area contributed by atoms with Crippen molar-refractivity contribution >= 4 is 51.7 Å². The van der Waals surface area contributed by atoms with Crippen molar-refractivity contribution in [1.82, 2.24) is 45.0 Å². The van der Waals surface area contributed by atoms with Crippen LogP contribution in [0.4, 0.5) is 15.4 Å². The molecule has 2 amide bonds. The van der Waals surface area contributed by atoms with Gasteiger partial charge in [0, 0.05) is 51.7 Å². The number of carbonyl (C=O) groups is 2. The molecule has 49 heavy (non-hydrogen) atoms. The van der Waals surface area contributed by atoms with Gasteiger partial charge in [-0.3, -0.25) is 9.80 Å². The van der Waals surface area contributed by atoms with Crippen molar-refractivity contribution in [3.05, 3.63) is 42.3 Å². The molecule has 264 valence electrons. The van der Waals surface area contributed by atoms with Gasteiger partial charge < -0.3 is 29.7 Å². The van der Waals surface area contributed by atoms with E-state index >= 15 is 0 Å². The SMILES string of the molecule is CC(C)(C)OC(=O)N1CCN(c2ncnc3[nH]ccc23)CC12CC2.CC(C)(C)OC(=O)N1CCNCC12CC2.Clc1ncnc2[nH]ccc12. The number of H-pyrrole nitrogens is 2. The molecule has 2 saturated heterocycles. The molecular weight excluding hydrogens is 648 g/mol. The molecule has 0 atom stereocenters. The van der Waals surface area contributed by atoms with Crippen molar-refractivity contribution in [2.45, 2.75) is 89.5 Å². The van der Waals surface area contributed by atoms with Crippen molar-refractivity contribution < 1.29 is 19.1 Å². The Kier molecular flexibility index (Phi) is 9.40. The van der Waals surface area contributed by atoms with Gasteiger partial charge in [-0.1, -0.05) is 11.6 Å². The molecule has 2 spiro atoms. The lowest BCUT2D eigenvalue weighted by Gasteiger charge is -2.42. The van der Waals surface area contributed by atoms with Crippen molar-refractivity contribution in [2.75, 3.05) is 44.2 Å². The molecule has 4 aliphatic rings. The molecule has 0 radical (unpaired) electrons. The maximum absolute atomic E-state index is 12.5. The van der Waals surface area contributed by atoms with E-state index in [1.807, 2.05) is 69.7 Å². The molecule has 4 aromatic heterocycles. The van der Waals surface area contributed by atoms with Gasteiger partial charge in [-0.25, -0.2) is 29.5 Å². The third-order valence-electron chi connectivity index (χ3n) is 9.01. The molecule has 14 nitrogen and oxygen atoms in total. The molecule has 0 unspecified atom stereocenters. The first-order chi connectivity index (χ1) is 23.2. The number of ether oxygens (including phenoxy) is 2. The Balaban J connectivity index is 0.000000141. The number of nitrogens with one attached hydrogen (secondary N) is 3. The van der Waals surface area contributed by atoms with Gasteiger partial charge in [0.1, 0.15) is 46.1 Å². The standard InChI is InChI=1S/C17H23N5O2.C11H20N2O2.C6H4ClN3/c1-16(2,3)24-15(23)22-9-8-21(10-17(22)5-6-17)14-12-4-7-18-13(12)19-11-20-14;1-10(2,3)15-9(14)13-7-6-12-8-11(13)4-5-11;7-5-4-1-2-8-6(4)10-3-9-5/h4,7,11H,5-6,8-10H2,1-3H3,(H,18,19,20);12H,4-8H2,1-3H3;1-3H,(H,8,9,10). The second-order valence-corrected chi connectivity index (χ2v) is 15.5. The van der Waals surface area contributed by atoms with E-state index in [-0.39, 0.29) is 23.3 Å². The van der Waals surface area contributed by atoms with E-state index in [4.69, 9.17) is 21.1 Å². The fourth-order valence-corrected chi connectivity index (χ4v) is 6.52. The van der Waals surface area contributed by atoms with E-state index in [0.717, 1.165) is 86.3 Å². The number of fused-ring (bicyclic) bond motifs is 2. The second kappa shape index (κ2) is 13.3. The Morgan fingerprint density at radius 3 is 1.88 bits per heavy atom. The number of aromatic nitrogens is 6. The van der Waals surface area contributed by atoms with Crippen LogP contribution in [0.3, 0.4) is 0 Å². The smallest absolute Gasteiger partial charge is 0.410 e. The van der Waals surface area contributed by atoms with Gasteiger partial charge in [0.15, 0.2) is 0 Å². The predicted molar refractivity (Wildman–Crippen MR) is 188 cm³/mol. The monoisotopic (exact) mass is 694 g/mol. The molecule has 3 N–H and O–H groups in total. The molecule has 4 fully saturated rings. The third-order valence-corrected chi connectivity index (χ3v) is 9.31. The van der Waals surface area contributed by atoms with Gasteiger partial charge in [-0.2, -0.15) is 0 Å². The van der Waals surface area contributed by atoms with Crippen LogP contribution >= 0.6 is 11.6 Å². The number of rotatable bonds is 1. The number of carbonyl (C=O) groups excluding carboxylic acids is 2. The highest BCUT2D eigenvalue weighted by Crippen LogP contribution is 2.46. The predicted octanol–water partition coefficient (Wildman–Crippen LogP) is 5.52. The number of hydrogen-bond donors (Lipinski definition) is 3. The van der Waals surface area contributed by atoms with Crippen molar-refractivity contribution in [2.24, 2.45) is 0 Å². The van der Waals surface area contributed by atoms with Gasteiger partial charge >= 0.3 is 12.2 Å². The Morgan fingerprint density at radius 1 is 0.755 bits per heavy atom. The van der Waals surface area contributed by atoms with Crippen molar-refractivity contribution in [3.63, 3.8) is 0 Å². The average Bonchev–Trinajstić information content (AvgIpc) is 3.82. The van der Waals surface area contributed by atoms with Crippen LogP contribution in [0.5, 0.6) is 0 Å². The molecule has 6 heterocycles. The number of aromatic amines is 2. The summed E-state index contributed by atoms with van der Waals surface area (Å²) < 4.78 is 11.0. The normalized spacial score (nSPS) is 19.2. The fourth-order valence-electron chi connectivity index (χ4n) is 6.32. The molecular formula is C34H47ClN10O4. The van der Waals surface area contributed by atoms with Crippen molar-refractivity contribution in [1.29, 1.82) is 0 Å². The summed E-state index contributed by atoms with van der Waals surface area (Å²) >= 11 is 5.73. The Bertz CT molecular complexity index is 1790. The zero-order valence-corrected chi connectivity index (χ0v) is 29.9. The zero-order chi connectivity index (χ0) is 35.0. The van der Waals surface area contributed by atoms with Gasteiger partial charge in [0.2, 0.25) is 0 Å². The molecule has 8 rings (SSSR count). The van der Waals surface area contributed by atoms with Gasteiger partial charge in [0.25, 0.3) is 0 Å². The van der Waals surface area contributed by atoms with E-state index in [1.54, 1.807) is 12.5 Å². The first-order valence-corrected chi connectivity index (χ1v) is 17.3. The highest BCUT2D eigenvalue weighted by atomic mass is 35.5. The zero-order valence-electron chi connectivity index (χ0n) is 29.2. The van der Waals surface area contributed by atoms with Crippen LogP contribution < -0.4 is 10.2 Å². The lowest BCUT2D eigenvalue weighted by Crippen LogP contribution is -2.58. The van der Waals surface area contributed by atoms with Crippen LogP contribution in [0.1, 0.15) is 67.2 Å². The number of nitrogens with zero attached hydrogens (tertiary/aromatic N) is 7. The molecule has 2 saturated carbocycles. The van der Waals surface area contributed by atoms with Crippen LogP contribution in [0, 0.1) is 0 Å². The largest absolute Gasteiger partial charge is 0.444 e. The fraction of sp³-hybridized carbons (Fsp3) is 0.588. The number of halogens is 1. The van der Waals surface area contributed by atoms with Gasteiger partial charge in [-0.15, -0.1) is 0 Å². The summed E-state index contributed by atoms with van der Waals surface area (Å²) in [7, 11) is 0. The highest BCUT2D eigenvalue weighted by Gasteiger charge is 2.55. The lowest BCUT2D eigenvalue weighted by atomic mass is 10.1. The summed E-state index contributed by atoms with van der Waals surface area (Å²) in [5, 5.41) is 5.72. The van der Waals surface area contributed by atoms with Gasteiger partial charge in [0.05, 0.1) is 21.9 Å². The summed E-state index contributed by atoms with van der Waals surface area (Å²) in [6.07, 6.45) is 10.6. The Labute approximate surface area is 291 Å². The second-order valence-electron chi connectivity index (χ2n) is 15.2. The van der Waals surface area contributed by atoms with Crippen LogP contribution in [-0.4, -0.2) is 113 Å². The molecule has 0 aromatic carbocycles. The van der Waals surface area contributed by atoms with E-state index in [9.17, 15) is 9.59 Å². The Morgan fingerprint density at radius 2 is 1.31 bits per heavy atom. The minimum absolute atomic E-state index is 0.0839.